The molecular formula is C19H18O6. The molecule has 1 aromatic rings. The molecule has 3 aliphatic rings. The standard InChI is InChI=1S/C19H18O6/c1-2-3-8-23-13-9-11-15(18(21)25-17(11)20)16-14(13)10-6-4-5-7-12(10)24-19(16)22/h4-7,11,15-16H,2-3,8-9H2,1H3/t11-,15-,16?/m0/s1. The number of rotatable bonds is 4. The third kappa shape index (κ3) is 2.44. The van der Waals surface area contributed by atoms with Gasteiger partial charge in [0.1, 0.15) is 17.4 Å². The highest BCUT2D eigenvalue weighted by atomic mass is 16.6. The van der Waals surface area contributed by atoms with Crippen LogP contribution >= 0.6 is 0 Å². The summed E-state index contributed by atoms with van der Waals surface area (Å²) in [5, 5.41) is 0. The lowest BCUT2D eigenvalue weighted by atomic mass is 9.69. The maximum absolute atomic E-state index is 12.6. The van der Waals surface area contributed by atoms with Crippen LogP contribution in [-0.4, -0.2) is 24.5 Å². The largest absolute Gasteiger partial charge is 0.498 e. The first kappa shape index (κ1) is 15.9. The molecule has 6 nitrogen and oxygen atoms in total. The Morgan fingerprint density at radius 3 is 2.68 bits per heavy atom. The number of carbonyl (C=O) groups excluding carboxylic acids is 3. The van der Waals surface area contributed by atoms with E-state index in [2.05, 4.69) is 6.92 Å². The molecule has 4 rings (SSSR count). The van der Waals surface area contributed by atoms with Crippen LogP contribution in [0.25, 0.3) is 5.57 Å². The lowest BCUT2D eigenvalue weighted by molar-refractivity contribution is -0.155. The number of ether oxygens (including phenoxy) is 3. The zero-order chi connectivity index (χ0) is 17.6. The number of para-hydroxylation sites is 1. The molecule has 2 heterocycles. The van der Waals surface area contributed by atoms with Crippen molar-refractivity contribution < 1.29 is 28.6 Å². The number of hydrogen-bond acceptors (Lipinski definition) is 6. The first-order chi connectivity index (χ1) is 12.1. The van der Waals surface area contributed by atoms with Gasteiger partial charge in [0.05, 0.1) is 18.4 Å². The van der Waals surface area contributed by atoms with Gasteiger partial charge in [-0.05, 0) is 12.5 Å². The van der Waals surface area contributed by atoms with Gasteiger partial charge in [-0.3, -0.25) is 14.4 Å². The summed E-state index contributed by atoms with van der Waals surface area (Å²) in [5.41, 5.74) is 1.40. The summed E-state index contributed by atoms with van der Waals surface area (Å²) in [6.45, 7) is 2.56. The minimum absolute atomic E-state index is 0.270. The monoisotopic (exact) mass is 342 g/mol. The average Bonchev–Trinajstić information content (AvgIpc) is 2.89. The van der Waals surface area contributed by atoms with Crippen LogP contribution in [0.5, 0.6) is 5.75 Å². The molecule has 3 atom stereocenters. The van der Waals surface area contributed by atoms with Gasteiger partial charge in [-0.2, -0.15) is 0 Å². The second-order valence-corrected chi connectivity index (χ2v) is 6.51. The summed E-state index contributed by atoms with van der Waals surface area (Å²) < 4.78 is 16.2. The minimum Gasteiger partial charge on any atom is -0.498 e. The average molecular weight is 342 g/mol. The van der Waals surface area contributed by atoms with Crippen LogP contribution in [0.4, 0.5) is 0 Å². The van der Waals surface area contributed by atoms with Gasteiger partial charge in [-0.15, -0.1) is 0 Å². The van der Waals surface area contributed by atoms with Gasteiger partial charge in [0.2, 0.25) is 0 Å². The van der Waals surface area contributed by atoms with Crippen LogP contribution in [0.2, 0.25) is 0 Å². The number of carbonyl (C=O) groups is 3. The molecule has 6 heteroatoms. The van der Waals surface area contributed by atoms with Crippen molar-refractivity contribution in [3.8, 4) is 5.75 Å². The Bertz CT molecular complexity index is 793. The van der Waals surface area contributed by atoms with Crippen LogP contribution in [0, 0.1) is 17.8 Å². The molecule has 0 spiro atoms. The molecule has 2 aliphatic heterocycles. The van der Waals surface area contributed by atoms with Crippen molar-refractivity contribution in [3.63, 3.8) is 0 Å². The second kappa shape index (κ2) is 6.02. The third-order valence-electron chi connectivity index (χ3n) is 5.00. The number of allylic oxidation sites excluding steroid dienone is 1. The molecule has 0 bridgehead atoms. The number of cyclic esters (lactones) is 2. The van der Waals surface area contributed by atoms with Crippen molar-refractivity contribution in [2.24, 2.45) is 17.8 Å². The van der Waals surface area contributed by atoms with Gasteiger partial charge < -0.3 is 14.2 Å². The molecule has 1 aromatic carbocycles. The van der Waals surface area contributed by atoms with E-state index >= 15 is 0 Å². The van der Waals surface area contributed by atoms with E-state index in [-0.39, 0.29) is 6.42 Å². The third-order valence-corrected chi connectivity index (χ3v) is 5.00. The fourth-order valence-corrected chi connectivity index (χ4v) is 3.80. The predicted octanol–water partition coefficient (Wildman–Crippen LogP) is 2.47. The molecule has 1 aliphatic carbocycles. The van der Waals surface area contributed by atoms with Crippen LogP contribution in [0.15, 0.2) is 30.0 Å². The van der Waals surface area contributed by atoms with Crippen LogP contribution in [0.3, 0.4) is 0 Å². The quantitative estimate of drug-likeness (QED) is 0.362. The molecule has 0 N–H and O–H groups in total. The van der Waals surface area contributed by atoms with Gasteiger partial charge in [0.25, 0.3) is 0 Å². The summed E-state index contributed by atoms with van der Waals surface area (Å²) in [6, 6.07) is 7.18. The Morgan fingerprint density at radius 2 is 1.88 bits per heavy atom. The number of benzene rings is 1. The molecule has 1 unspecified atom stereocenters. The number of unbranched alkanes of at least 4 members (excludes halogenated alkanes) is 1. The summed E-state index contributed by atoms with van der Waals surface area (Å²) in [4.78, 5) is 36.9. The van der Waals surface area contributed by atoms with Gasteiger partial charge in [-0.25, -0.2) is 0 Å². The van der Waals surface area contributed by atoms with E-state index in [4.69, 9.17) is 14.2 Å². The molecule has 0 amide bonds. The van der Waals surface area contributed by atoms with E-state index in [0.29, 0.717) is 23.7 Å². The Hall–Kier alpha value is -2.63. The first-order valence-corrected chi connectivity index (χ1v) is 8.54. The highest BCUT2D eigenvalue weighted by Crippen LogP contribution is 2.51. The fraction of sp³-hybridized carbons (Fsp3) is 0.421. The van der Waals surface area contributed by atoms with Crippen molar-refractivity contribution in [1.29, 1.82) is 0 Å². The molecule has 0 aromatic heterocycles. The summed E-state index contributed by atoms with van der Waals surface area (Å²) in [5.74, 6) is -3.10. The molecule has 1 saturated heterocycles. The Kier molecular flexibility index (Phi) is 3.82. The van der Waals surface area contributed by atoms with Gasteiger partial charge in [-0.1, -0.05) is 31.5 Å². The smallest absolute Gasteiger partial charge is 0.319 e. The Labute approximate surface area is 144 Å². The molecule has 130 valence electrons. The van der Waals surface area contributed by atoms with Gasteiger partial charge in [0, 0.05) is 17.6 Å². The van der Waals surface area contributed by atoms with Gasteiger partial charge in [0.15, 0.2) is 0 Å². The number of hydrogen-bond donors (Lipinski definition) is 0. The highest BCUT2D eigenvalue weighted by molar-refractivity contribution is 6.06. The Morgan fingerprint density at radius 1 is 1.08 bits per heavy atom. The van der Waals surface area contributed by atoms with Gasteiger partial charge >= 0.3 is 17.9 Å². The predicted molar refractivity (Wildman–Crippen MR) is 86.0 cm³/mol. The van der Waals surface area contributed by atoms with E-state index in [1.54, 1.807) is 12.1 Å². The number of esters is 3. The highest BCUT2D eigenvalue weighted by Gasteiger charge is 2.57. The van der Waals surface area contributed by atoms with E-state index in [9.17, 15) is 14.4 Å². The minimum atomic E-state index is -0.857. The molecule has 25 heavy (non-hydrogen) atoms. The Balaban J connectivity index is 1.85. The van der Waals surface area contributed by atoms with Crippen molar-refractivity contribution in [2.45, 2.75) is 26.2 Å². The lowest BCUT2D eigenvalue weighted by Crippen LogP contribution is -2.41. The van der Waals surface area contributed by atoms with Crippen LogP contribution < -0.4 is 4.74 Å². The van der Waals surface area contributed by atoms with E-state index < -0.39 is 35.7 Å². The second-order valence-electron chi connectivity index (χ2n) is 6.51. The lowest BCUT2D eigenvalue weighted by Gasteiger charge is -2.36. The normalized spacial score (nSPS) is 27.2. The fourth-order valence-electron chi connectivity index (χ4n) is 3.80. The number of fused-ring (bicyclic) bond motifs is 5. The van der Waals surface area contributed by atoms with Crippen molar-refractivity contribution in [1.82, 2.24) is 0 Å². The molecule has 1 fully saturated rings. The molecule has 0 radical (unpaired) electrons. The van der Waals surface area contributed by atoms with Crippen LogP contribution in [-0.2, 0) is 23.9 Å². The maximum Gasteiger partial charge on any atom is 0.319 e. The molecule has 0 saturated carbocycles. The SMILES string of the molecule is CCCCOC1=C2c3ccccc3OC(=O)C2[C@H]2C(=O)OC(=O)[C@H]2C1. The van der Waals surface area contributed by atoms with E-state index in [1.807, 2.05) is 12.1 Å². The van der Waals surface area contributed by atoms with E-state index in [1.165, 1.54) is 0 Å². The van der Waals surface area contributed by atoms with Crippen molar-refractivity contribution in [3.05, 3.63) is 35.6 Å². The molecular weight excluding hydrogens is 324 g/mol. The topological polar surface area (TPSA) is 78.9 Å². The maximum atomic E-state index is 12.6. The zero-order valence-electron chi connectivity index (χ0n) is 13.8. The van der Waals surface area contributed by atoms with E-state index in [0.717, 1.165) is 18.4 Å². The summed E-state index contributed by atoms with van der Waals surface area (Å²) in [7, 11) is 0. The van der Waals surface area contributed by atoms with Crippen molar-refractivity contribution >= 4 is 23.5 Å². The first-order valence-electron chi connectivity index (χ1n) is 8.54. The van der Waals surface area contributed by atoms with Crippen molar-refractivity contribution in [2.75, 3.05) is 6.61 Å². The summed E-state index contributed by atoms with van der Waals surface area (Å²) in [6.07, 6.45) is 2.11. The summed E-state index contributed by atoms with van der Waals surface area (Å²) >= 11 is 0. The zero-order valence-corrected chi connectivity index (χ0v) is 13.8. The van der Waals surface area contributed by atoms with Crippen LogP contribution in [0.1, 0.15) is 31.7 Å².